The van der Waals surface area contributed by atoms with Gasteiger partial charge in [0.25, 0.3) is 0 Å². The van der Waals surface area contributed by atoms with E-state index in [-0.39, 0.29) is 0 Å². The summed E-state index contributed by atoms with van der Waals surface area (Å²) in [5.41, 5.74) is 2.72. The number of carbonyl (C=O) groups is 1. The van der Waals surface area contributed by atoms with E-state index in [9.17, 15) is 4.79 Å². The van der Waals surface area contributed by atoms with Gasteiger partial charge >= 0.3 is 0 Å². The second-order valence-electron chi connectivity index (χ2n) is 4.45. The summed E-state index contributed by atoms with van der Waals surface area (Å²) in [4.78, 5) is 18.1. The summed E-state index contributed by atoms with van der Waals surface area (Å²) in [6.07, 6.45) is 0.823. The number of rotatable bonds is 7. The first-order chi connectivity index (χ1) is 10.7. The van der Waals surface area contributed by atoms with Crippen LogP contribution in [0.25, 0.3) is 0 Å². The Bertz CT molecular complexity index is 650. The van der Waals surface area contributed by atoms with Crippen molar-refractivity contribution < 1.29 is 4.79 Å². The molecule has 0 saturated heterocycles. The molecule has 0 atom stereocenters. The van der Waals surface area contributed by atoms with E-state index in [1.807, 2.05) is 24.3 Å². The fraction of sp³-hybridized carbons (Fsp3) is 0.333. The third-order valence-corrected chi connectivity index (χ3v) is 4.81. The van der Waals surface area contributed by atoms with Gasteiger partial charge in [0.15, 0.2) is 6.29 Å². The number of hydrogen-bond donors (Lipinski definition) is 0. The van der Waals surface area contributed by atoms with E-state index < -0.39 is 0 Å². The van der Waals surface area contributed by atoms with Crippen molar-refractivity contribution in [2.75, 3.05) is 18.0 Å². The van der Waals surface area contributed by atoms with Crippen molar-refractivity contribution in [3.05, 3.63) is 34.8 Å². The molecule has 2 rings (SSSR count). The van der Waals surface area contributed by atoms with E-state index >= 15 is 0 Å². The molecule has 0 aliphatic heterocycles. The third-order valence-electron chi connectivity index (χ3n) is 3.18. The second kappa shape index (κ2) is 8.33. The molecule has 0 unspecified atom stereocenters. The number of alkyl halides is 1. The van der Waals surface area contributed by atoms with Gasteiger partial charge < -0.3 is 4.90 Å². The molecule has 0 amide bonds. The molecule has 22 heavy (non-hydrogen) atoms. The highest BCUT2D eigenvalue weighted by Gasteiger charge is 2.08. The summed E-state index contributed by atoms with van der Waals surface area (Å²) in [5, 5.41) is 8.83. The summed E-state index contributed by atoms with van der Waals surface area (Å²) in [7, 11) is 0. The molecule has 0 aliphatic rings. The topological polar surface area (TPSA) is 57.9 Å². The lowest BCUT2D eigenvalue weighted by Gasteiger charge is -2.20. The van der Waals surface area contributed by atoms with Crippen LogP contribution >= 0.6 is 33.9 Å². The lowest BCUT2D eigenvalue weighted by atomic mass is 10.2. The van der Waals surface area contributed by atoms with Gasteiger partial charge in [0.05, 0.1) is 16.3 Å². The normalized spacial score (nSPS) is 11.0. The maximum Gasteiger partial charge on any atom is 0.230 e. The highest BCUT2D eigenvalue weighted by Crippen LogP contribution is 2.28. The van der Waals surface area contributed by atoms with Crippen molar-refractivity contribution >= 4 is 56.7 Å². The first-order valence-corrected chi connectivity index (χ1v) is 9.33. The lowest BCUT2D eigenvalue weighted by Crippen LogP contribution is -2.21. The minimum atomic E-state index is 0.515. The monoisotopic (exact) mass is 428 g/mol. The van der Waals surface area contributed by atoms with Crippen LogP contribution in [0.5, 0.6) is 0 Å². The van der Waals surface area contributed by atoms with Crippen LogP contribution in [0, 0.1) is 0 Å². The first-order valence-electron chi connectivity index (χ1n) is 6.99. The van der Waals surface area contributed by atoms with Crippen molar-refractivity contribution in [1.82, 2.24) is 4.98 Å². The number of thiazole rings is 1. The zero-order valence-corrected chi connectivity index (χ0v) is 15.5. The Labute approximate surface area is 147 Å². The number of azo groups is 1. The van der Waals surface area contributed by atoms with Crippen molar-refractivity contribution in [3.8, 4) is 0 Å². The predicted octanol–water partition coefficient (Wildman–Crippen LogP) is 5.15. The minimum absolute atomic E-state index is 0.515. The fourth-order valence-electron chi connectivity index (χ4n) is 2.00. The van der Waals surface area contributed by atoms with Gasteiger partial charge in [0, 0.05) is 23.2 Å². The maximum absolute atomic E-state index is 10.9. The van der Waals surface area contributed by atoms with E-state index in [2.05, 4.69) is 56.6 Å². The number of hydrogen-bond acceptors (Lipinski definition) is 6. The van der Waals surface area contributed by atoms with Crippen molar-refractivity contribution in [2.24, 2.45) is 10.2 Å². The molecule has 1 heterocycles. The van der Waals surface area contributed by atoms with Gasteiger partial charge in [-0.15, -0.1) is 10.2 Å². The van der Waals surface area contributed by atoms with Crippen molar-refractivity contribution in [1.29, 1.82) is 0 Å². The average Bonchev–Trinajstić information content (AvgIpc) is 2.97. The van der Waals surface area contributed by atoms with Crippen LogP contribution in [0.15, 0.2) is 34.5 Å². The Balaban J connectivity index is 2.13. The van der Waals surface area contributed by atoms with Crippen LogP contribution < -0.4 is 4.90 Å². The third kappa shape index (κ3) is 4.10. The Kier molecular flexibility index (Phi) is 6.44. The zero-order valence-electron chi connectivity index (χ0n) is 12.5. The van der Waals surface area contributed by atoms with Gasteiger partial charge in [-0.1, -0.05) is 33.9 Å². The predicted molar refractivity (Wildman–Crippen MR) is 99.4 cm³/mol. The van der Waals surface area contributed by atoms with Crippen LogP contribution in [0.1, 0.15) is 29.2 Å². The molecule has 1 aromatic carbocycles. The van der Waals surface area contributed by atoms with Gasteiger partial charge in [-0.25, -0.2) is 4.98 Å². The van der Waals surface area contributed by atoms with Crippen LogP contribution in [-0.2, 0) is 4.43 Å². The molecule has 2 aromatic rings. The summed E-state index contributed by atoms with van der Waals surface area (Å²) >= 11 is 3.45. The number of halogens is 1. The molecule has 116 valence electrons. The van der Waals surface area contributed by atoms with E-state index in [0.29, 0.717) is 14.4 Å². The number of nitrogens with zero attached hydrogens (tertiary/aromatic N) is 4. The molecule has 0 aliphatic carbocycles. The van der Waals surface area contributed by atoms with Gasteiger partial charge in [-0.2, -0.15) is 0 Å². The quantitative estimate of drug-likeness (QED) is 0.265. The van der Waals surface area contributed by atoms with Gasteiger partial charge in [-0.05, 0) is 38.1 Å². The van der Waals surface area contributed by atoms with E-state index in [1.54, 1.807) is 0 Å². The fourth-order valence-corrected chi connectivity index (χ4v) is 3.56. The molecule has 0 radical (unpaired) electrons. The Hall–Kier alpha value is -1.35. The Morgan fingerprint density at radius 3 is 2.41 bits per heavy atom. The molecule has 0 N–H and O–H groups in total. The Morgan fingerprint density at radius 1 is 1.23 bits per heavy atom. The second-order valence-corrected chi connectivity index (χ2v) is 6.22. The van der Waals surface area contributed by atoms with E-state index in [4.69, 9.17) is 0 Å². The molecule has 0 bridgehead atoms. The summed E-state index contributed by atoms with van der Waals surface area (Å²) in [5.74, 6) is 0. The number of carbonyl (C=O) groups excluding carboxylic acids is 1. The maximum atomic E-state index is 10.9. The molecule has 0 saturated carbocycles. The first kappa shape index (κ1) is 17.0. The minimum Gasteiger partial charge on any atom is -0.372 e. The number of aromatic nitrogens is 1. The largest absolute Gasteiger partial charge is 0.372 e. The number of aldehydes is 1. The average molecular weight is 428 g/mol. The Morgan fingerprint density at radius 2 is 1.91 bits per heavy atom. The smallest absolute Gasteiger partial charge is 0.230 e. The SMILES string of the molecule is CCN(CC)c1ccc(/N=N/c2nc(CI)c(C=O)s2)cc1. The summed E-state index contributed by atoms with van der Waals surface area (Å²) in [6, 6.07) is 7.95. The van der Waals surface area contributed by atoms with Crippen LogP contribution in [-0.4, -0.2) is 24.4 Å². The standard InChI is InChI=1S/C15H17IN4OS/c1-3-20(4-2)12-7-5-11(6-8-12)18-19-15-17-13(9-16)14(10-21)22-15/h5-8,10H,3-4,9H2,1-2H3/b19-18+. The highest BCUT2D eigenvalue weighted by atomic mass is 127. The highest BCUT2D eigenvalue weighted by molar-refractivity contribution is 14.1. The summed E-state index contributed by atoms with van der Waals surface area (Å²) < 4.78 is 0.691. The van der Waals surface area contributed by atoms with Crippen LogP contribution in [0.2, 0.25) is 0 Å². The van der Waals surface area contributed by atoms with Gasteiger partial charge in [-0.3, -0.25) is 4.79 Å². The van der Waals surface area contributed by atoms with Gasteiger partial charge in [0.1, 0.15) is 0 Å². The van der Waals surface area contributed by atoms with Gasteiger partial charge in [0.2, 0.25) is 5.13 Å². The molecule has 0 fully saturated rings. The van der Waals surface area contributed by atoms with E-state index in [0.717, 1.165) is 30.8 Å². The zero-order chi connectivity index (χ0) is 15.9. The van der Waals surface area contributed by atoms with Crippen molar-refractivity contribution in [3.63, 3.8) is 0 Å². The molecule has 0 spiro atoms. The molecule has 1 aromatic heterocycles. The molecule has 5 nitrogen and oxygen atoms in total. The van der Waals surface area contributed by atoms with Crippen LogP contribution in [0.4, 0.5) is 16.5 Å². The summed E-state index contributed by atoms with van der Waals surface area (Å²) in [6.45, 7) is 6.22. The number of benzene rings is 1. The lowest BCUT2D eigenvalue weighted by molar-refractivity contribution is 0.112. The number of anilines is 1. The molecular weight excluding hydrogens is 411 g/mol. The molecular formula is C15H17IN4OS. The van der Waals surface area contributed by atoms with Crippen LogP contribution in [0.3, 0.4) is 0 Å². The van der Waals surface area contributed by atoms with E-state index in [1.165, 1.54) is 17.0 Å². The molecule has 7 heteroatoms. The van der Waals surface area contributed by atoms with Crippen molar-refractivity contribution in [2.45, 2.75) is 18.3 Å².